The van der Waals surface area contributed by atoms with E-state index >= 15 is 0 Å². The van der Waals surface area contributed by atoms with Gasteiger partial charge in [-0.1, -0.05) is 48.0 Å². The van der Waals surface area contributed by atoms with Crippen LogP contribution in [0.5, 0.6) is 0 Å². The molecule has 2 N–H and O–H groups in total. The fourth-order valence-corrected chi connectivity index (χ4v) is 2.25. The van der Waals surface area contributed by atoms with Gasteiger partial charge in [0.15, 0.2) is 11.8 Å². The van der Waals surface area contributed by atoms with Crippen LogP contribution in [-0.4, -0.2) is 35.6 Å². The van der Waals surface area contributed by atoms with Gasteiger partial charge in [-0.05, 0) is 26.0 Å². The highest BCUT2D eigenvalue weighted by Gasteiger charge is 2.33. The third-order valence-electron chi connectivity index (χ3n) is 3.56. The van der Waals surface area contributed by atoms with E-state index in [1.165, 1.54) is 0 Å². The number of aryl methyl sites for hydroxylation is 1. The van der Waals surface area contributed by atoms with Gasteiger partial charge in [0, 0.05) is 11.3 Å². The Kier molecular flexibility index (Phi) is 6.09. The normalized spacial score (nSPS) is 13.0. The van der Waals surface area contributed by atoms with Crippen molar-refractivity contribution in [3.63, 3.8) is 0 Å². The van der Waals surface area contributed by atoms with Crippen molar-refractivity contribution in [3.05, 3.63) is 65.7 Å². The van der Waals surface area contributed by atoms with Crippen molar-refractivity contribution in [1.29, 1.82) is 0 Å². The Labute approximate surface area is 141 Å². The molecule has 2 rings (SSSR count). The van der Waals surface area contributed by atoms with Gasteiger partial charge in [0.1, 0.15) is 6.10 Å². The minimum absolute atomic E-state index is 0.164. The Bertz CT molecular complexity index is 682. The van der Waals surface area contributed by atoms with E-state index in [0.29, 0.717) is 11.3 Å². The molecule has 5 heteroatoms. The molecule has 0 bridgehead atoms. The highest BCUT2D eigenvalue weighted by Crippen LogP contribution is 2.15. The summed E-state index contributed by atoms with van der Waals surface area (Å²) in [6.45, 7) is 3.78. The molecule has 0 heterocycles. The van der Waals surface area contributed by atoms with Crippen LogP contribution in [0.2, 0.25) is 0 Å². The molecule has 24 heavy (non-hydrogen) atoms. The topological polar surface area (TPSA) is 75.6 Å². The second-order valence-corrected chi connectivity index (χ2v) is 5.42. The van der Waals surface area contributed by atoms with Crippen LogP contribution in [0.4, 0.5) is 5.69 Å². The monoisotopic (exact) mass is 327 g/mol. The second-order valence-electron chi connectivity index (χ2n) is 5.42. The van der Waals surface area contributed by atoms with E-state index in [2.05, 4.69) is 5.32 Å². The van der Waals surface area contributed by atoms with Crippen LogP contribution in [0.1, 0.15) is 22.8 Å². The molecule has 0 aliphatic carbocycles. The number of benzene rings is 2. The highest BCUT2D eigenvalue weighted by molar-refractivity contribution is 6.03. The molecule has 2 atom stereocenters. The summed E-state index contributed by atoms with van der Waals surface area (Å²) in [6.07, 6.45) is -1.55. The van der Waals surface area contributed by atoms with Crippen LogP contribution in [-0.2, 0) is 9.53 Å². The van der Waals surface area contributed by atoms with Crippen LogP contribution in [0, 0.1) is 6.92 Å². The predicted octanol–water partition coefficient (Wildman–Crippen LogP) is 2.58. The first-order chi connectivity index (χ1) is 11.5. The third-order valence-corrected chi connectivity index (χ3v) is 3.56. The molecule has 0 amide bonds. The van der Waals surface area contributed by atoms with Crippen molar-refractivity contribution in [1.82, 2.24) is 0 Å². The maximum absolute atomic E-state index is 12.4. The first kappa shape index (κ1) is 17.7. The van der Waals surface area contributed by atoms with Crippen molar-refractivity contribution in [2.24, 2.45) is 0 Å². The van der Waals surface area contributed by atoms with Crippen LogP contribution in [0.15, 0.2) is 54.6 Å². The third kappa shape index (κ3) is 4.43. The molecule has 0 saturated heterocycles. The molecular weight excluding hydrogens is 306 g/mol. The quantitative estimate of drug-likeness (QED) is 0.604. The van der Waals surface area contributed by atoms with Gasteiger partial charge < -0.3 is 15.2 Å². The summed E-state index contributed by atoms with van der Waals surface area (Å²) in [4.78, 5) is 24.6. The SMILES string of the molecule is CCOC(=O)C(Nc1ccc(C)cc1)C(O)C(=O)c1ccccc1. The molecule has 0 aromatic heterocycles. The highest BCUT2D eigenvalue weighted by atomic mass is 16.5. The lowest BCUT2D eigenvalue weighted by atomic mass is 10.00. The number of carbonyl (C=O) groups excluding carboxylic acids is 2. The Morgan fingerprint density at radius 1 is 1.08 bits per heavy atom. The number of hydrogen-bond acceptors (Lipinski definition) is 5. The molecule has 0 saturated carbocycles. The first-order valence-corrected chi connectivity index (χ1v) is 7.80. The number of esters is 1. The molecule has 2 aromatic rings. The Hall–Kier alpha value is -2.66. The summed E-state index contributed by atoms with van der Waals surface area (Å²) in [5.41, 5.74) is 2.03. The van der Waals surface area contributed by atoms with Gasteiger partial charge in [0.2, 0.25) is 0 Å². The van der Waals surface area contributed by atoms with Crippen molar-refractivity contribution in [2.45, 2.75) is 26.0 Å². The van der Waals surface area contributed by atoms with Crippen LogP contribution < -0.4 is 5.32 Å². The Balaban J connectivity index is 2.23. The lowest BCUT2D eigenvalue weighted by Crippen LogP contribution is -2.46. The van der Waals surface area contributed by atoms with E-state index in [0.717, 1.165) is 5.56 Å². The molecule has 2 unspecified atom stereocenters. The van der Waals surface area contributed by atoms with Gasteiger partial charge in [0.25, 0.3) is 0 Å². The van der Waals surface area contributed by atoms with Crippen LogP contribution in [0.25, 0.3) is 0 Å². The Morgan fingerprint density at radius 3 is 2.29 bits per heavy atom. The van der Waals surface area contributed by atoms with Crippen molar-refractivity contribution in [2.75, 3.05) is 11.9 Å². The van der Waals surface area contributed by atoms with Crippen molar-refractivity contribution in [3.8, 4) is 0 Å². The zero-order valence-electron chi connectivity index (χ0n) is 13.7. The molecule has 0 spiro atoms. The molecule has 2 aromatic carbocycles. The van der Waals surface area contributed by atoms with E-state index < -0.39 is 23.9 Å². The molecule has 0 aliphatic rings. The summed E-state index contributed by atoms with van der Waals surface area (Å²) >= 11 is 0. The zero-order chi connectivity index (χ0) is 17.5. The average Bonchev–Trinajstić information content (AvgIpc) is 2.61. The summed E-state index contributed by atoms with van der Waals surface area (Å²) in [7, 11) is 0. The van der Waals surface area contributed by atoms with E-state index in [1.807, 2.05) is 19.1 Å². The fourth-order valence-electron chi connectivity index (χ4n) is 2.25. The van der Waals surface area contributed by atoms with Crippen molar-refractivity contribution >= 4 is 17.4 Å². The molecular formula is C19H21NO4. The van der Waals surface area contributed by atoms with Gasteiger partial charge in [-0.25, -0.2) is 4.79 Å². The van der Waals surface area contributed by atoms with Gasteiger partial charge in [0.05, 0.1) is 6.61 Å². The smallest absolute Gasteiger partial charge is 0.331 e. The summed E-state index contributed by atoms with van der Waals surface area (Å²) in [6, 6.07) is 14.5. The number of anilines is 1. The molecule has 126 valence electrons. The van der Waals surface area contributed by atoms with E-state index in [-0.39, 0.29) is 6.61 Å². The number of Topliss-reactive ketones (excluding diaryl/α,β-unsaturated/α-hetero) is 1. The maximum Gasteiger partial charge on any atom is 0.331 e. The van der Waals surface area contributed by atoms with Gasteiger partial charge in [-0.3, -0.25) is 4.79 Å². The van der Waals surface area contributed by atoms with Crippen molar-refractivity contribution < 1.29 is 19.4 Å². The largest absolute Gasteiger partial charge is 0.464 e. The minimum atomic E-state index is -1.55. The lowest BCUT2D eigenvalue weighted by Gasteiger charge is -2.22. The second kappa shape index (κ2) is 8.26. The van der Waals surface area contributed by atoms with Crippen LogP contribution >= 0.6 is 0 Å². The van der Waals surface area contributed by atoms with E-state index in [9.17, 15) is 14.7 Å². The van der Waals surface area contributed by atoms with E-state index in [4.69, 9.17) is 4.74 Å². The molecule has 0 aliphatic heterocycles. The molecule has 0 radical (unpaired) electrons. The van der Waals surface area contributed by atoms with E-state index in [1.54, 1.807) is 49.4 Å². The fraction of sp³-hybridized carbons (Fsp3) is 0.263. The number of nitrogens with one attached hydrogen (secondary N) is 1. The Morgan fingerprint density at radius 2 is 1.71 bits per heavy atom. The molecule has 0 fully saturated rings. The maximum atomic E-state index is 12.4. The summed E-state index contributed by atoms with van der Waals surface area (Å²) in [5.74, 6) is -1.21. The van der Waals surface area contributed by atoms with Gasteiger partial charge in [-0.2, -0.15) is 0 Å². The number of hydrogen-bond donors (Lipinski definition) is 2. The standard InChI is InChI=1S/C19H21NO4/c1-3-24-19(23)16(20-15-11-9-13(2)10-12-15)18(22)17(21)14-7-5-4-6-8-14/h4-12,16,18,20,22H,3H2,1-2H3. The lowest BCUT2D eigenvalue weighted by molar-refractivity contribution is -0.145. The van der Waals surface area contributed by atoms with Gasteiger partial charge in [-0.15, -0.1) is 0 Å². The molecule has 5 nitrogen and oxygen atoms in total. The predicted molar refractivity (Wildman–Crippen MR) is 92.0 cm³/mol. The zero-order valence-corrected chi connectivity index (χ0v) is 13.7. The summed E-state index contributed by atoms with van der Waals surface area (Å²) in [5, 5.41) is 13.3. The summed E-state index contributed by atoms with van der Waals surface area (Å²) < 4.78 is 4.99. The minimum Gasteiger partial charge on any atom is -0.464 e. The number of rotatable bonds is 7. The van der Waals surface area contributed by atoms with Crippen LogP contribution in [0.3, 0.4) is 0 Å². The number of carbonyl (C=O) groups is 2. The van der Waals surface area contributed by atoms with Gasteiger partial charge >= 0.3 is 5.97 Å². The number of aliphatic hydroxyl groups is 1. The first-order valence-electron chi connectivity index (χ1n) is 7.80. The number of ether oxygens (including phenoxy) is 1. The number of aliphatic hydroxyl groups excluding tert-OH is 1. The number of ketones is 1. The average molecular weight is 327 g/mol.